The first-order valence-corrected chi connectivity index (χ1v) is 41.9. The van der Waals surface area contributed by atoms with Gasteiger partial charge in [0.25, 0.3) is 5.60 Å². The van der Waals surface area contributed by atoms with Gasteiger partial charge in [0.1, 0.15) is 18.3 Å². The average Bonchev–Trinajstić information content (AvgIpc) is 0.660. The van der Waals surface area contributed by atoms with Crippen LogP contribution in [0, 0.1) is 71.0 Å². The van der Waals surface area contributed by atoms with E-state index in [4.69, 9.17) is 14.2 Å². The fourth-order valence-corrected chi connectivity index (χ4v) is 19.9. The molecule has 552 valence electrons. The minimum Gasteiger partial charge on any atom is -0.443 e. The van der Waals surface area contributed by atoms with Crippen molar-refractivity contribution in [2.75, 3.05) is 0 Å². The van der Waals surface area contributed by atoms with Gasteiger partial charge in [-0.2, -0.15) is 0 Å². The molecule has 7 rings (SSSR count). The molecule has 0 aromatic carbocycles. The van der Waals surface area contributed by atoms with Crippen LogP contribution < -0.4 is 0 Å². The lowest BCUT2D eigenvalue weighted by Gasteiger charge is -2.63. The first-order chi connectivity index (χ1) is 46.6. The Morgan fingerprint density at radius 3 is 0.677 bits per heavy atom. The van der Waals surface area contributed by atoms with Crippen LogP contribution in [0.3, 0.4) is 0 Å². The summed E-state index contributed by atoms with van der Waals surface area (Å²) >= 11 is 0. The number of aliphatic hydroxyl groups is 3. The van der Waals surface area contributed by atoms with Crippen LogP contribution in [0.25, 0.3) is 0 Å². The van der Waals surface area contributed by atoms with E-state index in [0.717, 1.165) is 218 Å². The van der Waals surface area contributed by atoms with Crippen molar-refractivity contribution in [3.05, 3.63) is 0 Å². The average molecular weight is 1350 g/mol. The maximum atomic E-state index is 18.0. The second-order valence-electron chi connectivity index (χ2n) is 33.3. The van der Waals surface area contributed by atoms with Crippen LogP contribution in [0.5, 0.6) is 0 Å². The van der Waals surface area contributed by atoms with Gasteiger partial charge in [-0.25, -0.2) is 0 Å². The van der Waals surface area contributed by atoms with Gasteiger partial charge in [0.2, 0.25) is 11.2 Å². The van der Waals surface area contributed by atoms with Crippen molar-refractivity contribution < 1.29 is 58.3 Å². The quantitative estimate of drug-likeness (QED) is 0.0298. The monoisotopic (exact) mass is 1350 g/mol. The number of hydrogen-bond donors (Lipinski definition) is 3. The molecule has 3 N–H and O–H groups in total. The molecule has 7 aliphatic carbocycles. The molecular formula is C84H144O12. The zero-order chi connectivity index (χ0) is 68.9. The smallest absolute Gasteiger partial charge is 0.310 e. The Labute approximate surface area is 585 Å². The molecule has 0 amide bonds. The van der Waals surface area contributed by atoms with Crippen molar-refractivity contribution in [2.45, 2.75) is 423 Å². The van der Waals surface area contributed by atoms with Crippen molar-refractivity contribution in [3.63, 3.8) is 0 Å². The molecule has 0 saturated heterocycles. The highest BCUT2D eigenvalue weighted by molar-refractivity contribution is 6.12. The van der Waals surface area contributed by atoms with E-state index in [1.807, 2.05) is 0 Å². The van der Waals surface area contributed by atoms with Crippen LogP contribution in [0.15, 0.2) is 0 Å². The predicted octanol–water partition coefficient (Wildman–Crippen LogP) is 20.3. The van der Waals surface area contributed by atoms with E-state index in [1.54, 1.807) is 0 Å². The molecule has 7 saturated carbocycles. The Hall–Kier alpha value is -2.70. The van der Waals surface area contributed by atoms with Crippen molar-refractivity contribution in [2.24, 2.45) is 71.0 Å². The van der Waals surface area contributed by atoms with Gasteiger partial charge in [-0.1, -0.05) is 234 Å². The Balaban J connectivity index is 1.46. The van der Waals surface area contributed by atoms with E-state index >= 15 is 28.8 Å². The highest BCUT2D eigenvalue weighted by Gasteiger charge is 2.89. The molecule has 0 aromatic rings. The third-order valence-corrected chi connectivity index (χ3v) is 26.4. The summed E-state index contributed by atoms with van der Waals surface area (Å²) in [6.07, 6.45) is 37.5. The molecule has 12 heteroatoms. The number of Topliss-reactive ketones (excluding diaryl/α,β-unsaturated/α-hetero) is 3. The fraction of sp³-hybridized carbons (Fsp3) is 0.929. The lowest BCUT2D eigenvalue weighted by atomic mass is 9.49. The summed E-state index contributed by atoms with van der Waals surface area (Å²) in [5, 5.41) is 41.3. The van der Waals surface area contributed by atoms with Gasteiger partial charge in [0.05, 0.1) is 17.8 Å². The maximum Gasteiger partial charge on any atom is 0.310 e. The molecule has 96 heavy (non-hydrogen) atoms. The minimum absolute atomic E-state index is 0.275. The molecule has 0 heterocycles. The van der Waals surface area contributed by atoms with Crippen molar-refractivity contribution >= 4 is 35.3 Å². The molecule has 7 fully saturated rings. The van der Waals surface area contributed by atoms with Gasteiger partial charge in [0.15, 0.2) is 17.3 Å². The summed E-state index contributed by atoms with van der Waals surface area (Å²) < 4.78 is 22.0. The Bertz CT molecular complexity index is 2140. The molecule has 6 atom stereocenters. The number of aliphatic hydroxyl groups excluding tert-OH is 3. The number of ketones is 3. The third-order valence-electron chi connectivity index (χ3n) is 26.4. The number of rotatable bonds is 42. The van der Waals surface area contributed by atoms with E-state index in [1.165, 1.54) is 0 Å². The summed E-state index contributed by atoms with van der Waals surface area (Å²) in [5.41, 5.74) is -10.1. The van der Waals surface area contributed by atoms with E-state index in [-0.39, 0.29) is 18.8 Å². The molecule has 0 unspecified atom stereocenters. The van der Waals surface area contributed by atoms with Crippen molar-refractivity contribution in [1.29, 1.82) is 0 Å². The number of ether oxygens (including phenoxy) is 3. The van der Waals surface area contributed by atoms with Gasteiger partial charge in [-0.3, -0.25) is 28.8 Å². The second kappa shape index (κ2) is 42.0. The minimum atomic E-state index is -3.44. The summed E-state index contributed by atoms with van der Waals surface area (Å²) in [5.74, 6) is -8.71. The maximum absolute atomic E-state index is 18.0. The highest BCUT2D eigenvalue weighted by Crippen LogP contribution is 2.59. The molecule has 0 aromatic heterocycles. The number of unbranched alkanes of at least 4 members (excludes halogenated alkanes) is 18. The third kappa shape index (κ3) is 21.0. The van der Waals surface area contributed by atoms with Crippen molar-refractivity contribution in [3.8, 4) is 0 Å². The summed E-state index contributed by atoms with van der Waals surface area (Å²) in [7, 11) is 0. The lowest BCUT2D eigenvalue weighted by Crippen LogP contribution is -2.92. The van der Waals surface area contributed by atoms with Gasteiger partial charge >= 0.3 is 17.9 Å². The fourth-order valence-electron chi connectivity index (χ4n) is 19.9. The molecule has 12 nitrogen and oxygen atoms in total. The molecule has 0 spiro atoms. The van der Waals surface area contributed by atoms with E-state index in [9.17, 15) is 15.3 Å². The van der Waals surface area contributed by atoms with Gasteiger partial charge in [-0.15, -0.1) is 0 Å². The topological polar surface area (TPSA) is 191 Å². The zero-order valence-corrected chi connectivity index (χ0v) is 62.4. The van der Waals surface area contributed by atoms with Gasteiger partial charge < -0.3 is 29.5 Å². The van der Waals surface area contributed by atoms with Crippen LogP contribution in [-0.2, 0) is 43.0 Å². The van der Waals surface area contributed by atoms with E-state index in [2.05, 4.69) is 41.5 Å². The Morgan fingerprint density at radius 1 is 0.260 bits per heavy atom. The van der Waals surface area contributed by atoms with Crippen LogP contribution >= 0.6 is 0 Å². The van der Waals surface area contributed by atoms with Crippen LogP contribution in [0.4, 0.5) is 0 Å². The molecule has 7 aliphatic rings. The SMILES string of the molecule is CCCCCC[C@H]1CC[C@H](C(=O)O[C@@]2(C(=O)[C@H]3CC[C@H](CCCCCC)CC3)[C@@](OC(=O)[C@H]3CC[C@H](CCCCCC)CC3)(C(=O)[C@H]3CC[C@H](CCCCCC)CC3)[C@@H](O)[C@H](O)[C@@H](O)[C@@]2(OC(=O)[C@H]2CC[C@H](CCCCCC)CC2)C(=O)[C@H]2CC[C@H](CCCCCC)CC2)CC1. The zero-order valence-electron chi connectivity index (χ0n) is 62.4. The molecule has 0 radical (unpaired) electrons. The standard InChI is InChI=1S/C84H144O12/c1-7-13-19-25-31-61-37-49-67(50-38-61)74(86)82(94-79(91)70-55-43-64(44-56-70)34-28-22-16-10-4)77(89)73(85)78(90)83(75(87)68-51-39-62(40-52-68)32-26-20-14-8-2,95-80(92)71-57-45-65(46-58-71)35-29-23-17-11-5)84(82,76(88)69-53-41-63(42-54-69)33-27-21-15-9-3)96-81(93)72-59-47-66(48-60-72)36-30-24-18-12-6/h61-73,77-78,85,89-90H,7-60H2,1-6H3/t61-,62-,63-,64-,65-,66-,67-,68-,69-,70-,71-,72-,73-,77-,78+,82+,83-,84-. The molecule has 0 aliphatic heterocycles. The highest BCUT2D eigenvalue weighted by atomic mass is 16.7. The normalized spacial score (nSPS) is 34.4. The van der Waals surface area contributed by atoms with Crippen molar-refractivity contribution in [1.82, 2.24) is 0 Å². The largest absolute Gasteiger partial charge is 0.443 e. The first kappa shape index (κ1) is 80.6. The van der Waals surface area contributed by atoms with E-state index in [0.29, 0.717) is 145 Å². The second-order valence-corrected chi connectivity index (χ2v) is 33.3. The number of esters is 3. The number of hydrogen-bond acceptors (Lipinski definition) is 12. The lowest BCUT2D eigenvalue weighted by molar-refractivity contribution is -0.329. The summed E-state index contributed by atoms with van der Waals surface area (Å²) in [6.45, 7) is 13.2. The number of carbonyl (C=O) groups is 6. The van der Waals surface area contributed by atoms with Crippen LogP contribution in [0.2, 0.25) is 0 Å². The predicted molar refractivity (Wildman–Crippen MR) is 385 cm³/mol. The summed E-state index contributed by atoms with van der Waals surface area (Å²) in [6, 6.07) is 0. The number of carbonyl (C=O) groups excluding carboxylic acids is 6. The van der Waals surface area contributed by atoms with E-state index < -0.39 is 106 Å². The molecular weight excluding hydrogens is 1200 g/mol. The summed E-state index contributed by atoms with van der Waals surface area (Å²) in [4.78, 5) is 102. The van der Waals surface area contributed by atoms with Crippen LogP contribution in [-0.4, -0.2) is 85.7 Å². The molecule has 0 bridgehead atoms. The Morgan fingerprint density at radius 2 is 0.458 bits per heavy atom. The van der Waals surface area contributed by atoms with Gasteiger partial charge in [-0.05, 0) is 190 Å². The van der Waals surface area contributed by atoms with Gasteiger partial charge in [0, 0.05) is 17.8 Å². The first-order valence-electron chi connectivity index (χ1n) is 41.9. The van der Waals surface area contributed by atoms with Crippen LogP contribution in [0.1, 0.15) is 388 Å². The Kier molecular flexibility index (Phi) is 35.3.